The van der Waals surface area contributed by atoms with Crippen LogP contribution < -0.4 is 9.62 Å². The van der Waals surface area contributed by atoms with Gasteiger partial charge in [-0.3, -0.25) is 13.9 Å². The molecule has 0 saturated carbocycles. The molecule has 9 heteroatoms. The standard InChI is InChI=1S/C28H32FN3O4S/c1-21(27(34)30-28(2,3)4)31(19-22-13-7-5-8-14-22)26(33)20-32(25-18-12-11-17-24(25)29)37(35,36)23-15-9-6-10-16-23/h5-18,21H,19-20H2,1-4H3,(H,30,34)/t21-/m0/s1. The molecule has 3 aromatic carbocycles. The van der Waals surface area contributed by atoms with Crippen LogP contribution in [0, 0.1) is 5.82 Å². The highest BCUT2D eigenvalue weighted by atomic mass is 32.2. The Morgan fingerprint density at radius 1 is 0.892 bits per heavy atom. The first-order valence-electron chi connectivity index (χ1n) is 11.9. The summed E-state index contributed by atoms with van der Waals surface area (Å²) in [5, 5.41) is 2.87. The molecule has 0 unspecified atom stereocenters. The number of halogens is 1. The smallest absolute Gasteiger partial charge is 0.264 e. The number of hydrogen-bond donors (Lipinski definition) is 1. The number of benzene rings is 3. The minimum Gasteiger partial charge on any atom is -0.350 e. The van der Waals surface area contributed by atoms with E-state index >= 15 is 0 Å². The fraction of sp³-hybridized carbons (Fsp3) is 0.286. The second-order valence-corrected chi connectivity index (χ2v) is 11.6. The zero-order valence-corrected chi connectivity index (χ0v) is 22.2. The lowest BCUT2D eigenvalue weighted by molar-refractivity contribution is -0.140. The molecule has 3 aromatic rings. The first-order chi connectivity index (χ1) is 17.4. The summed E-state index contributed by atoms with van der Waals surface area (Å²) >= 11 is 0. The zero-order valence-electron chi connectivity index (χ0n) is 21.4. The van der Waals surface area contributed by atoms with Gasteiger partial charge in [-0.1, -0.05) is 60.7 Å². The molecule has 3 rings (SSSR count). The van der Waals surface area contributed by atoms with Gasteiger partial charge in [-0.15, -0.1) is 0 Å². The summed E-state index contributed by atoms with van der Waals surface area (Å²) in [6, 6.07) is 21.1. The van der Waals surface area contributed by atoms with Crippen molar-refractivity contribution in [1.82, 2.24) is 10.2 Å². The monoisotopic (exact) mass is 525 g/mol. The van der Waals surface area contributed by atoms with Gasteiger partial charge in [0.25, 0.3) is 10.0 Å². The van der Waals surface area contributed by atoms with Gasteiger partial charge in [-0.25, -0.2) is 12.8 Å². The summed E-state index contributed by atoms with van der Waals surface area (Å²) in [5.41, 5.74) is -0.0383. The van der Waals surface area contributed by atoms with Crippen LogP contribution in [-0.4, -0.2) is 43.3 Å². The van der Waals surface area contributed by atoms with Crippen LogP contribution in [0.1, 0.15) is 33.3 Å². The van der Waals surface area contributed by atoms with Gasteiger partial charge < -0.3 is 10.2 Å². The molecule has 0 spiro atoms. The Labute approximate surface area is 218 Å². The lowest BCUT2D eigenvalue weighted by Gasteiger charge is -2.33. The molecule has 196 valence electrons. The van der Waals surface area contributed by atoms with E-state index < -0.39 is 39.9 Å². The van der Waals surface area contributed by atoms with Gasteiger partial charge in [0.1, 0.15) is 18.4 Å². The van der Waals surface area contributed by atoms with Crippen molar-refractivity contribution < 1.29 is 22.4 Å². The summed E-state index contributed by atoms with van der Waals surface area (Å²) in [6.45, 7) is 6.43. The number of amides is 2. The molecule has 0 radical (unpaired) electrons. The number of rotatable bonds is 9. The number of carbonyl (C=O) groups excluding carboxylic acids is 2. The molecule has 7 nitrogen and oxygen atoms in total. The van der Waals surface area contributed by atoms with Gasteiger partial charge in [-0.05, 0) is 57.5 Å². The minimum absolute atomic E-state index is 0.0644. The van der Waals surface area contributed by atoms with Crippen molar-refractivity contribution in [2.24, 2.45) is 0 Å². The highest BCUT2D eigenvalue weighted by Gasteiger charge is 2.34. The molecule has 0 aliphatic heterocycles. The molecule has 0 aromatic heterocycles. The van der Waals surface area contributed by atoms with Crippen molar-refractivity contribution in [2.45, 2.75) is 50.7 Å². The molecule has 0 aliphatic rings. The summed E-state index contributed by atoms with van der Waals surface area (Å²) in [6.07, 6.45) is 0. The third kappa shape index (κ3) is 7.16. The van der Waals surface area contributed by atoms with Gasteiger partial charge in [0.15, 0.2) is 0 Å². The fourth-order valence-electron chi connectivity index (χ4n) is 3.72. The summed E-state index contributed by atoms with van der Waals surface area (Å²) < 4.78 is 42.8. The Bertz CT molecular complexity index is 1330. The maximum atomic E-state index is 14.9. The van der Waals surface area contributed by atoms with Crippen LogP contribution in [0.2, 0.25) is 0 Å². The summed E-state index contributed by atoms with van der Waals surface area (Å²) in [5.74, 6) is -1.83. The lowest BCUT2D eigenvalue weighted by Crippen LogP contribution is -2.54. The normalized spacial score (nSPS) is 12.5. The van der Waals surface area contributed by atoms with E-state index in [4.69, 9.17) is 0 Å². The fourth-order valence-corrected chi connectivity index (χ4v) is 5.17. The number of hydrogen-bond acceptors (Lipinski definition) is 4. The maximum Gasteiger partial charge on any atom is 0.264 e. The molecule has 1 N–H and O–H groups in total. The molecule has 1 atom stereocenters. The molecule has 0 heterocycles. The maximum absolute atomic E-state index is 14.9. The molecular weight excluding hydrogens is 493 g/mol. The van der Waals surface area contributed by atoms with Crippen molar-refractivity contribution in [1.29, 1.82) is 0 Å². The van der Waals surface area contributed by atoms with E-state index in [2.05, 4.69) is 5.32 Å². The van der Waals surface area contributed by atoms with E-state index in [0.29, 0.717) is 0 Å². The summed E-state index contributed by atoms with van der Waals surface area (Å²) in [7, 11) is -4.31. The van der Waals surface area contributed by atoms with Gasteiger partial charge in [0.2, 0.25) is 11.8 Å². The van der Waals surface area contributed by atoms with E-state index in [1.165, 1.54) is 35.2 Å². The lowest BCUT2D eigenvalue weighted by atomic mass is 10.1. The number of sulfonamides is 1. The third-order valence-corrected chi connectivity index (χ3v) is 7.37. The Kier molecular flexibility index (Phi) is 8.70. The molecule has 0 fully saturated rings. The van der Waals surface area contributed by atoms with Crippen LogP contribution in [0.3, 0.4) is 0 Å². The van der Waals surface area contributed by atoms with E-state index in [1.807, 2.05) is 51.1 Å². The molecule has 2 amide bonds. The number of anilines is 1. The van der Waals surface area contributed by atoms with Crippen LogP contribution in [0.5, 0.6) is 0 Å². The van der Waals surface area contributed by atoms with Crippen LogP contribution in [-0.2, 0) is 26.2 Å². The van der Waals surface area contributed by atoms with Gasteiger partial charge in [0, 0.05) is 12.1 Å². The molecule has 0 bridgehead atoms. The van der Waals surface area contributed by atoms with E-state index in [1.54, 1.807) is 25.1 Å². The first-order valence-corrected chi connectivity index (χ1v) is 13.3. The Balaban J connectivity index is 2.02. The van der Waals surface area contributed by atoms with Crippen molar-refractivity contribution in [2.75, 3.05) is 10.8 Å². The third-order valence-electron chi connectivity index (χ3n) is 5.59. The summed E-state index contributed by atoms with van der Waals surface area (Å²) in [4.78, 5) is 28.0. The molecule has 37 heavy (non-hydrogen) atoms. The topological polar surface area (TPSA) is 86.8 Å². The van der Waals surface area contributed by atoms with Crippen LogP contribution in [0.15, 0.2) is 89.8 Å². The Hall–Kier alpha value is -3.72. The van der Waals surface area contributed by atoms with Crippen LogP contribution in [0.4, 0.5) is 10.1 Å². The zero-order chi connectivity index (χ0) is 27.2. The van der Waals surface area contributed by atoms with Crippen molar-refractivity contribution in [3.63, 3.8) is 0 Å². The molecule has 0 saturated heterocycles. The molecular formula is C28H32FN3O4S. The van der Waals surface area contributed by atoms with Crippen molar-refractivity contribution >= 4 is 27.5 Å². The van der Waals surface area contributed by atoms with E-state index in [9.17, 15) is 22.4 Å². The van der Waals surface area contributed by atoms with Crippen molar-refractivity contribution in [3.8, 4) is 0 Å². The average Bonchev–Trinajstić information content (AvgIpc) is 2.86. The van der Waals surface area contributed by atoms with Crippen molar-refractivity contribution in [3.05, 3.63) is 96.3 Å². The van der Waals surface area contributed by atoms with Crippen LogP contribution >= 0.6 is 0 Å². The predicted octanol–water partition coefficient (Wildman–Crippen LogP) is 4.35. The highest BCUT2D eigenvalue weighted by Crippen LogP contribution is 2.27. The number of nitrogens with zero attached hydrogens (tertiary/aromatic N) is 2. The predicted molar refractivity (Wildman–Crippen MR) is 142 cm³/mol. The number of carbonyl (C=O) groups is 2. The highest BCUT2D eigenvalue weighted by molar-refractivity contribution is 7.92. The van der Waals surface area contributed by atoms with Gasteiger partial charge >= 0.3 is 0 Å². The number of nitrogens with one attached hydrogen (secondary N) is 1. The molecule has 0 aliphatic carbocycles. The largest absolute Gasteiger partial charge is 0.350 e. The Morgan fingerprint density at radius 3 is 2.00 bits per heavy atom. The second-order valence-electron chi connectivity index (χ2n) is 9.70. The van der Waals surface area contributed by atoms with E-state index in [0.717, 1.165) is 15.9 Å². The number of para-hydroxylation sites is 1. The second kappa shape index (κ2) is 11.6. The SMILES string of the molecule is C[C@@H](C(=O)NC(C)(C)C)N(Cc1ccccc1)C(=O)CN(c1ccccc1F)S(=O)(=O)c1ccccc1. The quantitative estimate of drug-likeness (QED) is 0.450. The van der Waals surface area contributed by atoms with Gasteiger partial charge in [-0.2, -0.15) is 0 Å². The van der Waals surface area contributed by atoms with Crippen LogP contribution in [0.25, 0.3) is 0 Å². The average molecular weight is 526 g/mol. The first kappa shape index (κ1) is 27.9. The van der Waals surface area contributed by atoms with Gasteiger partial charge in [0.05, 0.1) is 10.6 Å². The Morgan fingerprint density at radius 2 is 1.43 bits per heavy atom. The minimum atomic E-state index is -4.31. The van der Waals surface area contributed by atoms with E-state index in [-0.39, 0.29) is 23.0 Å².